The van der Waals surface area contributed by atoms with E-state index in [0.717, 1.165) is 23.3 Å². The van der Waals surface area contributed by atoms with Crippen LogP contribution in [0.25, 0.3) is 11.3 Å². The standard InChI is InChI=1S/C22H22N4O2S/c1-14-18(19(26-28-14)15-7-4-3-5-8-15)20(27)24-17-10-6-9-16(13-17)22(2)11-12-29-21(23)25-22/h3-10,13H,11-12H2,1-2H3,(H2,23,25)(H,24,27). The predicted molar refractivity (Wildman–Crippen MR) is 117 cm³/mol. The summed E-state index contributed by atoms with van der Waals surface area (Å²) in [6.07, 6.45) is 0.888. The van der Waals surface area contributed by atoms with E-state index in [9.17, 15) is 4.79 Å². The second kappa shape index (κ2) is 7.75. The number of nitrogens with one attached hydrogen (secondary N) is 1. The average Bonchev–Trinajstić information content (AvgIpc) is 3.10. The Balaban J connectivity index is 1.62. The molecule has 3 aromatic rings. The lowest BCUT2D eigenvalue weighted by molar-refractivity contribution is 0.102. The minimum atomic E-state index is -0.390. The lowest BCUT2D eigenvalue weighted by atomic mass is 9.89. The third kappa shape index (κ3) is 3.91. The number of rotatable bonds is 4. The van der Waals surface area contributed by atoms with Crippen molar-refractivity contribution in [3.05, 3.63) is 71.5 Å². The molecule has 1 atom stereocenters. The fourth-order valence-electron chi connectivity index (χ4n) is 3.45. The quantitative estimate of drug-likeness (QED) is 0.662. The number of aromatic nitrogens is 1. The monoisotopic (exact) mass is 406 g/mol. The van der Waals surface area contributed by atoms with Crippen LogP contribution < -0.4 is 11.1 Å². The minimum absolute atomic E-state index is 0.257. The number of amides is 1. The molecular weight excluding hydrogens is 384 g/mol. The lowest BCUT2D eigenvalue weighted by Gasteiger charge is -2.30. The molecule has 0 saturated carbocycles. The molecule has 1 unspecified atom stereocenters. The Bertz CT molecular complexity index is 1080. The van der Waals surface area contributed by atoms with Crippen molar-refractivity contribution < 1.29 is 9.32 Å². The van der Waals surface area contributed by atoms with E-state index in [1.165, 1.54) is 0 Å². The summed E-state index contributed by atoms with van der Waals surface area (Å²) in [4.78, 5) is 17.7. The van der Waals surface area contributed by atoms with E-state index in [2.05, 4.69) is 22.4 Å². The van der Waals surface area contributed by atoms with Gasteiger partial charge in [0.25, 0.3) is 5.91 Å². The SMILES string of the molecule is Cc1onc(-c2ccccc2)c1C(=O)Nc1cccc(C2(C)CCSC(N)=N2)c1. The van der Waals surface area contributed by atoms with Gasteiger partial charge in [0.05, 0.1) is 5.54 Å². The van der Waals surface area contributed by atoms with Crippen molar-refractivity contribution in [2.75, 3.05) is 11.1 Å². The van der Waals surface area contributed by atoms with Gasteiger partial charge < -0.3 is 15.6 Å². The number of carbonyl (C=O) groups is 1. The van der Waals surface area contributed by atoms with E-state index in [-0.39, 0.29) is 5.91 Å². The van der Waals surface area contributed by atoms with Crippen molar-refractivity contribution in [2.24, 2.45) is 10.7 Å². The molecule has 0 aliphatic carbocycles. The number of anilines is 1. The van der Waals surface area contributed by atoms with Crippen molar-refractivity contribution in [2.45, 2.75) is 25.8 Å². The Morgan fingerprint density at radius 2 is 2.00 bits per heavy atom. The number of nitrogens with two attached hydrogens (primary N) is 1. The van der Waals surface area contributed by atoms with Gasteiger partial charge in [0.15, 0.2) is 5.17 Å². The van der Waals surface area contributed by atoms with Gasteiger partial charge in [-0.2, -0.15) is 0 Å². The molecule has 2 aromatic carbocycles. The molecule has 1 aliphatic rings. The molecule has 7 heteroatoms. The molecule has 0 saturated heterocycles. The Morgan fingerprint density at radius 3 is 2.76 bits per heavy atom. The number of aryl methyl sites for hydroxylation is 1. The van der Waals surface area contributed by atoms with Gasteiger partial charge in [-0.05, 0) is 38.0 Å². The van der Waals surface area contributed by atoms with Crippen LogP contribution in [-0.2, 0) is 5.54 Å². The summed E-state index contributed by atoms with van der Waals surface area (Å²) in [5.74, 6) is 1.14. The highest BCUT2D eigenvalue weighted by atomic mass is 32.2. The molecule has 0 spiro atoms. The van der Waals surface area contributed by atoms with Gasteiger partial charge in [-0.25, -0.2) is 0 Å². The summed E-state index contributed by atoms with van der Waals surface area (Å²) >= 11 is 1.57. The summed E-state index contributed by atoms with van der Waals surface area (Å²) in [5.41, 5.74) is 9.07. The molecule has 29 heavy (non-hydrogen) atoms. The molecule has 1 aromatic heterocycles. The van der Waals surface area contributed by atoms with E-state index in [1.54, 1.807) is 18.7 Å². The first-order valence-electron chi connectivity index (χ1n) is 9.38. The first kappa shape index (κ1) is 19.3. The molecule has 4 rings (SSSR count). The molecule has 0 radical (unpaired) electrons. The first-order chi connectivity index (χ1) is 14.0. The van der Waals surface area contributed by atoms with E-state index in [1.807, 2.05) is 54.6 Å². The third-order valence-electron chi connectivity index (χ3n) is 5.08. The number of amidine groups is 1. The van der Waals surface area contributed by atoms with Crippen molar-refractivity contribution in [1.82, 2.24) is 5.16 Å². The zero-order valence-electron chi connectivity index (χ0n) is 16.3. The summed E-state index contributed by atoms with van der Waals surface area (Å²) in [6, 6.07) is 17.3. The molecule has 0 fully saturated rings. The highest BCUT2D eigenvalue weighted by Gasteiger charge is 2.30. The van der Waals surface area contributed by atoms with Crippen LogP contribution in [0.5, 0.6) is 0 Å². The predicted octanol–water partition coefficient (Wildman–Crippen LogP) is 4.57. The second-order valence-corrected chi connectivity index (χ2v) is 8.30. The normalized spacial score (nSPS) is 18.9. The molecule has 1 amide bonds. The van der Waals surface area contributed by atoms with Gasteiger partial charge in [-0.1, -0.05) is 59.4 Å². The Hall–Kier alpha value is -3.06. The summed E-state index contributed by atoms with van der Waals surface area (Å²) in [6.45, 7) is 3.81. The van der Waals surface area contributed by atoms with Crippen molar-refractivity contribution in [1.29, 1.82) is 0 Å². The Morgan fingerprint density at radius 1 is 1.21 bits per heavy atom. The van der Waals surface area contributed by atoms with E-state index in [4.69, 9.17) is 10.3 Å². The van der Waals surface area contributed by atoms with Crippen LogP contribution in [0.2, 0.25) is 0 Å². The number of hydrogen-bond donors (Lipinski definition) is 2. The van der Waals surface area contributed by atoms with Crippen LogP contribution >= 0.6 is 11.8 Å². The van der Waals surface area contributed by atoms with E-state index in [0.29, 0.717) is 27.9 Å². The molecular formula is C22H22N4O2S. The van der Waals surface area contributed by atoms with Crippen LogP contribution in [0.4, 0.5) is 5.69 Å². The number of aliphatic imine (C=N–C) groups is 1. The summed E-state index contributed by atoms with van der Waals surface area (Å²) in [7, 11) is 0. The van der Waals surface area contributed by atoms with E-state index >= 15 is 0 Å². The molecule has 148 valence electrons. The largest absolute Gasteiger partial charge is 0.379 e. The Labute approximate surface area is 173 Å². The van der Waals surface area contributed by atoms with Crippen molar-refractivity contribution in [3.8, 4) is 11.3 Å². The van der Waals surface area contributed by atoms with Gasteiger partial charge in [-0.15, -0.1) is 0 Å². The van der Waals surface area contributed by atoms with Crippen LogP contribution in [0, 0.1) is 6.92 Å². The van der Waals surface area contributed by atoms with Gasteiger partial charge in [0.1, 0.15) is 17.0 Å². The lowest BCUT2D eigenvalue weighted by Crippen LogP contribution is -2.28. The summed E-state index contributed by atoms with van der Waals surface area (Å²) in [5, 5.41) is 7.67. The molecule has 6 nitrogen and oxygen atoms in total. The second-order valence-electron chi connectivity index (χ2n) is 7.19. The summed E-state index contributed by atoms with van der Waals surface area (Å²) < 4.78 is 5.31. The number of carbonyl (C=O) groups excluding carboxylic acids is 1. The molecule has 1 aliphatic heterocycles. The third-order valence-corrected chi connectivity index (χ3v) is 5.87. The minimum Gasteiger partial charge on any atom is -0.379 e. The number of hydrogen-bond acceptors (Lipinski definition) is 6. The van der Waals surface area contributed by atoms with Crippen LogP contribution in [-0.4, -0.2) is 22.0 Å². The zero-order chi connectivity index (χ0) is 20.4. The zero-order valence-corrected chi connectivity index (χ0v) is 17.1. The van der Waals surface area contributed by atoms with Gasteiger partial charge in [0.2, 0.25) is 0 Å². The molecule has 3 N–H and O–H groups in total. The van der Waals surface area contributed by atoms with E-state index < -0.39 is 5.54 Å². The molecule has 2 heterocycles. The fraction of sp³-hybridized carbons (Fsp3) is 0.227. The van der Waals surface area contributed by atoms with Gasteiger partial charge in [-0.3, -0.25) is 9.79 Å². The molecule has 0 bridgehead atoms. The maximum Gasteiger partial charge on any atom is 0.261 e. The van der Waals surface area contributed by atoms with Crippen LogP contribution in [0.1, 0.15) is 35.0 Å². The topological polar surface area (TPSA) is 93.5 Å². The smallest absolute Gasteiger partial charge is 0.261 e. The van der Waals surface area contributed by atoms with Crippen molar-refractivity contribution in [3.63, 3.8) is 0 Å². The number of thioether (sulfide) groups is 1. The maximum absolute atomic E-state index is 13.0. The van der Waals surface area contributed by atoms with Crippen molar-refractivity contribution >= 4 is 28.5 Å². The van der Waals surface area contributed by atoms with Crippen LogP contribution in [0.3, 0.4) is 0 Å². The first-order valence-corrected chi connectivity index (χ1v) is 10.4. The van der Waals surface area contributed by atoms with Gasteiger partial charge in [0, 0.05) is 17.0 Å². The fourth-order valence-corrected chi connectivity index (χ4v) is 4.43. The van der Waals surface area contributed by atoms with Crippen LogP contribution in [0.15, 0.2) is 64.1 Å². The number of benzene rings is 2. The maximum atomic E-state index is 13.0. The average molecular weight is 407 g/mol. The highest BCUT2D eigenvalue weighted by molar-refractivity contribution is 8.13. The number of nitrogens with zero attached hydrogens (tertiary/aromatic N) is 2. The highest BCUT2D eigenvalue weighted by Crippen LogP contribution is 2.36. The van der Waals surface area contributed by atoms with Gasteiger partial charge >= 0.3 is 0 Å². The Kier molecular flexibility index (Phi) is 5.15.